The molecule has 1 N–H and O–H groups in total. The summed E-state index contributed by atoms with van der Waals surface area (Å²) in [5, 5.41) is 3.48. The Morgan fingerprint density at radius 2 is 1.47 bits per heavy atom. The summed E-state index contributed by atoms with van der Waals surface area (Å²) < 4.78 is 0. The van der Waals surface area contributed by atoms with Crippen molar-refractivity contribution in [2.24, 2.45) is 0 Å². The highest BCUT2D eigenvalue weighted by atomic mass is 15.2. The molecule has 3 heteroatoms. The summed E-state index contributed by atoms with van der Waals surface area (Å²) in [5.41, 5.74) is 6.97. The minimum atomic E-state index is 0. The molecule has 178 valence electrons. The fourth-order valence-electron chi connectivity index (χ4n) is 5.34. The van der Waals surface area contributed by atoms with Crippen LogP contribution in [0, 0.1) is 0 Å². The molecule has 5 rings (SSSR count). The van der Waals surface area contributed by atoms with Crippen molar-refractivity contribution >= 4 is 5.57 Å². The average Bonchev–Trinajstić information content (AvgIpc) is 3.32. The zero-order valence-electron chi connectivity index (χ0n) is 19.5. The van der Waals surface area contributed by atoms with Crippen LogP contribution in [-0.2, 0) is 6.42 Å². The highest BCUT2D eigenvalue weighted by Crippen LogP contribution is 2.36. The van der Waals surface area contributed by atoms with Crippen molar-refractivity contribution in [3.05, 3.63) is 113 Å². The van der Waals surface area contributed by atoms with Crippen molar-refractivity contribution in [3.63, 3.8) is 0 Å². The summed E-state index contributed by atoms with van der Waals surface area (Å²) in [7, 11) is 0. The normalized spacial score (nSPS) is 17.7. The van der Waals surface area contributed by atoms with Crippen LogP contribution in [0.2, 0.25) is 0 Å². The van der Waals surface area contributed by atoms with E-state index >= 15 is 0 Å². The van der Waals surface area contributed by atoms with E-state index in [2.05, 4.69) is 106 Å². The number of fused-ring (bicyclic) bond motifs is 1. The zero-order valence-corrected chi connectivity index (χ0v) is 19.5. The Balaban J connectivity index is 0.00000274. The summed E-state index contributed by atoms with van der Waals surface area (Å²) in [4.78, 5) is 5.34. The molecule has 1 aliphatic heterocycles. The van der Waals surface area contributed by atoms with Gasteiger partial charge < -0.3 is 5.32 Å². The standard InChI is InChI=1S/C30H35N3.CH4/c1-3-9-25(10-4-1)28(26-11-5-2-6-12-26)17-20-33(24-23-32-21-18-31-19-22-32)30-16-15-27-13-7-8-14-29(27)30;/h1-14,17,30-31H,15-16,18-24H2;1H4/t30-;/m1./s1. The second-order valence-corrected chi connectivity index (χ2v) is 9.19. The van der Waals surface area contributed by atoms with Crippen LogP contribution >= 0.6 is 0 Å². The molecule has 3 nitrogen and oxygen atoms in total. The van der Waals surface area contributed by atoms with Gasteiger partial charge in [-0.3, -0.25) is 9.80 Å². The average molecular weight is 454 g/mol. The molecule has 2 aliphatic rings. The molecule has 1 fully saturated rings. The maximum Gasteiger partial charge on any atom is 0.0357 e. The van der Waals surface area contributed by atoms with Gasteiger partial charge in [0, 0.05) is 51.9 Å². The first-order valence-corrected chi connectivity index (χ1v) is 12.4. The number of nitrogens with zero attached hydrogens (tertiary/aromatic N) is 2. The molecule has 0 radical (unpaired) electrons. The molecule has 0 saturated carbocycles. The first-order valence-electron chi connectivity index (χ1n) is 12.4. The van der Waals surface area contributed by atoms with Crippen LogP contribution in [0.5, 0.6) is 0 Å². The van der Waals surface area contributed by atoms with E-state index in [4.69, 9.17) is 0 Å². The van der Waals surface area contributed by atoms with Gasteiger partial charge in [-0.05, 0) is 40.7 Å². The monoisotopic (exact) mass is 453 g/mol. The third-order valence-electron chi connectivity index (χ3n) is 7.15. The molecule has 0 bridgehead atoms. The number of hydrogen-bond donors (Lipinski definition) is 1. The Morgan fingerprint density at radius 1 is 0.853 bits per heavy atom. The fraction of sp³-hybridized carbons (Fsp3) is 0.355. The van der Waals surface area contributed by atoms with E-state index in [1.165, 1.54) is 40.7 Å². The van der Waals surface area contributed by atoms with E-state index in [1.54, 1.807) is 0 Å². The van der Waals surface area contributed by atoms with Gasteiger partial charge in [0.05, 0.1) is 0 Å². The van der Waals surface area contributed by atoms with Crippen LogP contribution in [0.3, 0.4) is 0 Å². The van der Waals surface area contributed by atoms with Crippen molar-refractivity contribution in [1.29, 1.82) is 0 Å². The maximum absolute atomic E-state index is 3.48. The van der Waals surface area contributed by atoms with E-state index in [0.717, 1.165) is 45.8 Å². The minimum Gasteiger partial charge on any atom is -0.314 e. The van der Waals surface area contributed by atoms with Gasteiger partial charge in [-0.15, -0.1) is 0 Å². The van der Waals surface area contributed by atoms with Gasteiger partial charge in [-0.2, -0.15) is 0 Å². The molecule has 1 heterocycles. The topological polar surface area (TPSA) is 18.5 Å². The van der Waals surface area contributed by atoms with Gasteiger partial charge in [-0.25, -0.2) is 0 Å². The molecule has 34 heavy (non-hydrogen) atoms. The van der Waals surface area contributed by atoms with Crippen LogP contribution < -0.4 is 5.32 Å². The van der Waals surface area contributed by atoms with Gasteiger partial charge in [0.2, 0.25) is 0 Å². The lowest BCUT2D eigenvalue weighted by molar-refractivity contribution is 0.163. The van der Waals surface area contributed by atoms with Gasteiger partial charge in [0.25, 0.3) is 0 Å². The van der Waals surface area contributed by atoms with Crippen LogP contribution in [0.15, 0.2) is 91.0 Å². The van der Waals surface area contributed by atoms with Crippen molar-refractivity contribution in [2.45, 2.75) is 26.3 Å². The molecule has 3 aromatic rings. The third-order valence-corrected chi connectivity index (χ3v) is 7.15. The van der Waals surface area contributed by atoms with Crippen LogP contribution in [-0.4, -0.2) is 55.6 Å². The quantitative estimate of drug-likeness (QED) is 0.475. The van der Waals surface area contributed by atoms with Gasteiger partial charge in [0.1, 0.15) is 0 Å². The molecule has 1 aliphatic carbocycles. The van der Waals surface area contributed by atoms with E-state index < -0.39 is 0 Å². The highest BCUT2D eigenvalue weighted by molar-refractivity contribution is 5.79. The lowest BCUT2D eigenvalue weighted by Gasteiger charge is -2.33. The molecule has 1 saturated heterocycles. The minimum absolute atomic E-state index is 0. The van der Waals surface area contributed by atoms with E-state index in [1.807, 2.05) is 0 Å². The maximum atomic E-state index is 3.48. The second kappa shape index (κ2) is 12.1. The predicted molar refractivity (Wildman–Crippen MR) is 145 cm³/mol. The number of aryl methyl sites for hydroxylation is 1. The Hall–Kier alpha value is -2.72. The number of nitrogens with one attached hydrogen (secondary N) is 1. The van der Waals surface area contributed by atoms with E-state index in [9.17, 15) is 0 Å². The first kappa shape index (κ1) is 24.4. The van der Waals surface area contributed by atoms with Crippen LogP contribution in [0.25, 0.3) is 5.57 Å². The Labute approximate surface area is 206 Å². The Morgan fingerprint density at radius 3 is 2.15 bits per heavy atom. The molecule has 3 aromatic carbocycles. The fourth-order valence-corrected chi connectivity index (χ4v) is 5.34. The number of rotatable bonds is 8. The third kappa shape index (κ3) is 5.85. The molecule has 0 spiro atoms. The predicted octanol–water partition coefficient (Wildman–Crippen LogP) is 5.65. The number of hydrogen-bond acceptors (Lipinski definition) is 3. The van der Waals surface area contributed by atoms with Crippen LogP contribution in [0.4, 0.5) is 0 Å². The van der Waals surface area contributed by atoms with Crippen molar-refractivity contribution in [3.8, 4) is 0 Å². The lowest BCUT2D eigenvalue weighted by atomic mass is 9.97. The summed E-state index contributed by atoms with van der Waals surface area (Å²) in [6, 6.07) is 31.3. The number of piperazine rings is 1. The lowest BCUT2D eigenvalue weighted by Crippen LogP contribution is -2.46. The molecular weight excluding hydrogens is 414 g/mol. The van der Waals surface area contributed by atoms with Crippen molar-refractivity contribution in [1.82, 2.24) is 15.1 Å². The summed E-state index contributed by atoms with van der Waals surface area (Å²) in [5.74, 6) is 0. The smallest absolute Gasteiger partial charge is 0.0357 e. The van der Waals surface area contributed by atoms with Gasteiger partial charge in [0.15, 0.2) is 0 Å². The largest absolute Gasteiger partial charge is 0.314 e. The van der Waals surface area contributed by atoms with E-state index in [0.29, 0.717) is 6.04 Å². The SMILES string of the molecule is C.C(CN(CCN1CCNCC1)[C@@H]1CCc2ccccc21)=C(c1ccccc1)c1ccccc1. The molecule has 0 aromatic heterocycles. The summed E-state index contributed by atoms with van der Waals surface area (Å²) >= 11 is 0. The molecule has 0 amide bonds. The van der Waals surface area contributed by atoms with Gasteiger partial charge >= 0.3 is 0 Å². The highest BCUT2D eigenvalue weighted by Gasteiger charge is 2.27. The van der Waals surface area contributed by atoms with Gasteiger partial charge in [-0.1, -0.05) is 98.4 Å². The van der Waals surface area contributed by atoms with Crippen LogP contribution in [0.1, 0.15) is 42.1 Å². The van der Waals surface area contributed by atoms with Crippen molar-refractivity contribution in [2.75, 3.05) is 45.8 Å². The molecule has 0 unspecified atom stereocenters. The molecule has 1 atom stereocenters. The zero-order chi connectivity index (χ0) is 22.3. The summed E-state index contributed by atoms with van der Waals surface area (Å²) in [6.07, 6.45) is 4.88. The summed E-state index contributed by atoms with van der Waals surface area (Å²) in [6.45, 7) is 7.74. The molecular formula is C31H39N3. The first-order chi connectivity index (χ1) is 16.4. The Kier molecular flexibility index (Phi) is 8.70. The second-order valence-electron chi connectivity index (χ2n) is 9.19. The number of benzene rings is 3. The van der Waals surface area contributed by atoms with E-state index in [-0.39, 0.29) is 7.43 Å². The Bertz CT molecular complexity index is 997. The van der Waals surface area contributed by atoms with Crippen molar-refractivity contribution < 1.29 is 0 Å².